The van der Waals surface area contributed by atoms with Gasteiger partial charge in [-0.25, -0.2) is 9.59 Å². The van der Waals surface area contributed by atoms with Gasteiger partial charge < -0.3 is 18.9 Å². The fourth-order valence-electron chi connectivity index (χ4n) is 4.37. The van der Waals surface area contributed by atoms with E-state index in [2.05, 4.69) is 13.8 Å². The van der Waals surface area contributed by atoms with Crippen LogP contribution in [0.2, 0.25) is 0 Å². The summed E-state index contributed by atoms with van der Waals surface area (Å²) in [7, 11) is 0. The molecular formula is C20H28O6. The Labute approximate surface area is 154 Å². The van der Waals surface area contributed by atoms with Crippen molar-refractivity contribution in [2.24, 2.45) is 11.8 Å². The average Bonchev–Trinajstić information content (AvgIpc) is 3.48. The number of epoxide rings is 2. The second-order valence-corrected chi connectivity index (χ2v) is 8.71. The Kier molecular flexibility index (Phi) is 4.59. The highest BCUT2D eigenvalue weighted by Gasteiger charge is 2.56. The summed E-state index contributed by atoms with van der Waals surface area (Å²) < 4.78 is 21.8. The van der Waals surface area contributed by atoms with Crippen molar-refractivity contribution in [1.82, 2.24) is 0 Å². The monoisotopic (exact) mass is 364 g/mol. The van der Waals surface area contributed by atoms with Crippen LogP contribution in [0.4, 0.5) is 0 Å². The second kappa shape index (κ2) is 6.64. The molecule has 2 saturated heterocycles. The second-order valence-electron chi connectivity index (χ2n) is 8.71. The lowest BCUT2D eigenvalue weighted by Crippen LogP contribution is -2.25. The standard InChI is InChI=1S/C20H28O6/c1-19-7-5-13(9-15(19)25-19)11-23-17(21)3-4-18(22)24-12-14-6-8-20(2)16(10-14)26-20/h3-4,13-16H,5-12H2,1-2H3/b4-3+. The van der Waals surface area contributed by atoms with Crippen LogP contribution in [0, 0.1) is 11.8 Å². The fourth-order valence-corrected chi connectivity index (χ4v) is 4.37. The summed E-state index contributed by atoms with van der Waals surface area (Å²) in [6, 6.07) is 0. The number of carbonyl (C=O) groups excluding carboxylic acids is 2. The van der Waals surface area contributed by atoms with Gasteiger partial charge >= 0.3 is 11.9 Å². The third kappa shape index (κ3) is 3.96. The van der Waals surface area contributed by atoms with Crippen LogP contribution in [0.15, 0.2) is 12.2 Å². The number of hydrogen-bond acceptors (Lipinski definition) is 6. The van der Waals surface area contributed by atoms with E-state index in [9.17, 15) is 9.59 Å². The van der Waals surface area contributed by atoms with E-state index in [1.54, 1.807) is 0 Å². The van der Waals surface area contributed by atoms with Gasteiger partial charge in [-0.15, -0.1) is 0 Å². The Balaban J connectivity index is 1.10. The van der Waals surface area contributed by atoms with Gasteiger partial charge in [0.1, 0.15) is 0 Å². The van der Waals surface area contributed by atoms with E-state index < -0.39 is 11.9 Å². The summed E-state index contributed by atoms with van der Waals surface area (Å²) >= 11 is 0. The van der Waals surface area contributed by atoms with Crippen molar-refractivity contribution >= 4 is 11.9 Å². The van der Waals surface area contributed by atoms with E-state index in [-0.39, 0.29) is 11.2 Å². The predicted octanol–water partition coefficient (Wildman–Crippen LogP) is 2.54. The van der Waals surface area contributed by atoms with Crippen LogP contribution in [0.3, 0.4) is 0 Å². The van der Waals surface area contributed by atoms with Crippen molar-refractivity contribution < 1.29 is 28.5 Å². The maximum absolute atomic E-state index is 11.8. The van der Waals surface area contributed by atoms with Crippen molar-refractivity contribution in [3.05, 3.63) is 12.2 Å². The fraction of sp³-hybridized carbons (Fsp3) is 0.800. The maximum atomic E-state index is 11.8. The Hall–Kier alpha value is -1.40. The number of esters is 2. The first-order valence-corrected chi connectivity index (χ1v) is 9.73. The summed E-state index contributed by atoms with van der Waals surface area (Å²) in [5, 5.41) is 0. The molecule has 2 heterocycles. The molecule has 6 atom stereocenters. The molecule has 4 fully saturated rings. The first-order valence-electron chi connectivity index (χ1n) is 9.73. The van der Waals surface area contributed by atoms with Crippen molar-refractivity contribution in [2.75, 3.05) is 13.2 Å². The maximum Gasteiger partial charge on any atom is 0.331 e. The smallest absolute Gasteiger partial charge is 0.331 e. The van der Waals surface area contributed by atoms with Gasteiger partial charge in [0.2, 0.25) is 0 Å². The molecule has 0 aromatic heterocycles. The summed E-state index contributed by atoms with van der Waals surface area (Å²) in [4.78, 5) is 23.5. The van der Waals surface area contributed by atoms with Gasteiger partial charge in [-0.05, 0) is 64.2 Å². The molecule has 0 bridgehead atoms. The molecule has 6 unspecified atom stereocenters. The van der Waals surface area contributed by atoms with Crippen LogP contribution in [0.25, 0.3) is 0 Å². The molecule has 0 N–H and O–H groups in total. The quantitative estimate of drug-likeness (QED) is 0.409. The third-order valence-electron chi connectivity index (χ3n) is 6.54. The average molecular weight is 364 g/mol. The van der Waals surface area contributed by atoms with Crippen LogP contribution < -0.4 is 0 Å². The number of rotatable bonds is 6. The minimum atomic E-state index is -0.494. The lowest BCUT2D eigenvalue weighted by Gasteiger charge is -2.21. The molecule has 2 aliphatic heterocycles. The zero-order valence-electron chi connectivity index (χ0n) is 15.6. The van der Waals surface area contributed by atoms with E-state index in [0.717, 1.165) is 50.7 Å². The topological polar surface area (TPSA) is 77.7 Å². The molecule has 0 aromatic rings. The lowest BCUT2D eigenvalue weighted by molar-refractivity contribution is -0.142. The van der Waals surface area contributed by atoms with Crippen molar-refractivity contribution in [1.29, 1.82) is 0 Å². The van der Waals surface area contributed by atoms with Crippen molar-refractivity contribution in [3.63, 3.8) is 0 Å². The molecule has 26 heavy (non-hydrogen) atoms. The first-order chi connectivity index (χ1) is 12.4. The molecule has 2 aliphatic carbocycles. The molecule has 6 nitrogen and oxygen atoms in total. The van der Waals surface area contributed by atoms with Crippen LogP contribution in [0.1, 0.15) is 52.4 Å². The van der Waals surface area contributed by atoms with E-state index in [4.69, 9.17) is 18.9 Å². The zero-order chi connectivity index (χ0) is 18.4. The zero-order valence-corrected chi connectivity index (χ0v) is 15.6. The van der Waals surface area contributed by atoms with E-state index >= 15 is 0 Å². The Morgan fingerprint density at radius 3 is 1.69 bits per heavy atom. The van der Waals surface area contributed by atoms with Crippen molar-refractivity contribution in [3.8, 4) is 0 Å². The highest BCUT2D eigenvalue weighted by atomic mass is 16.6. The molecule has 0 radical (unpaired) electrons. The largest absolute Gasteiger partial charge is 0.462 e. The van der Waals surface area contributed by atoms with Gasteiger partial charge in [-0.3, -0.25) is 0 Å². The highest BCUT2D eigenvalue weighted by molar-refractivity contribution is 5.91. The van der Waals surface area contributed by atoms with E-state index in [0.29, 0.717) is 37.3 Å². The van der Waals surface area contributed by atoms with E-state index in [1.807, 2.05) is 0 Å². The number of carbonyl (C=O) groups is 2. The summed E-state index contributed by atoms with van der Waals surface area (Å²) in [6.45, 7) is 5.04. The van der Waals surface area contributed by atoms with Gasteiger partial charge in [-0.1, -0.05) is 0 Å². The van der Waals surface area contributed by atoms with Gasteiger partial charge in [-0.2, -0.15) is 0 Å². The summed E-state index contributed by atoms with van der Waals surface area (Å²) in [5.41, 5.74) is 0.152. The van der Waals surface area contributed by atoms with Crippen LogP contribution in [-0.2, 0) is 28.5 Å². The predicted molar refractivity (Wildman–Crippen MR) is 92.3 cm³/mol. The van der Waals surface area contributed by atoms with Crippen molar-refractivity contribution in [2.45, 2.75) is 75.8 Å². The Bertz CT molecular complexity index is 563. The molecule has 0 amide bonds. The Morgan fingerprint density at radius 2 is 1.31 bits per heavy atom. The van der Waals surface area contributed by atoms with E-state index in [1.165, 1.54) is 0 Å². The van der Waals surface area contributed by atoms with Crippen LogP contribution in [0.5, 0.6) is 0 Å². The summed E-state index contributed by atoms with van der Waals surface area (Å²) in [5.74, 6) is -0.290. The number of hydrogen-bond donors (Lipinski definition) is 0. The minimum Gasteiger partial charge on any atom is -0.462 e. The third-order valence-corrected chi connectivity index (χ3v) is 6.54. The molecule has 4 aliphatic rings. The normalized spacial score (nSPS) is 43.3. The van der Waals surface area contributed by atoms with Gasteiger partial charge in [0.25, 0.3) is 0 Å². The number of fused-ring (bicyclic) bond motifs is 2. The van der Waals surface area contributed by atoms with Crippen LogP contribution >= 0.6 is 0 Å². The molecule has 0 aromatic carbocycles. The SMILES string of the molecule is CC12CCC(COC(=O)/C=C/C(=O)OCC3CCC4(C)OC4C3)CC1O2. The lowest BCUT2D eigenvalue weighted by atomic mass is 9.83. The highest BCUT2D eigenvalue weighted by Crippen LogP contribution is 2.50. The van der Waals surface area contributed by atoms with Gasteiger partial charge in [0, 0.05) is 12.2 Å². The molecule has 144 valence electrons. The number of ether oxygens (including phenoxy) is 4. The first kappa shape index (κ1) is 18.0. The molecular weight excluding hydrogens is 336 g/mol. The molecule has 6 heteroatoms. The summed E-state index contributed by atoms with van der Waals surface area (Å²) in [6.07, 6.45) is 8.92. The van der Waals surface area contributed by atoms with Crippen LogP contribution in [-0.4, -0.2) is 48.6 Å². The van der Waals surface area contributed by atoms with Gasteiger partial charge in [0.05, 0.1) is 36.6 Å². The molecule has 2 saturated carbocycles. The minimum absolute atomic E-state index is 0.0761. The molecule has 0 spiro atoms. The Morgan fingerprint density at radius 1 is 0.885 bits per heavy atom. The molecule has 4 rings (SSSR count). The van der Waals surface area contributed by atoms with Gasteiger partial charge in [0.15, 0.2) is 0 Å².